The van der Waals surface area contributed by atoms with Gasteiger partial charge in [-0.1, -0.05) is 48.7 Å². The second kappa shape index (κ2) is 6.60. The van der Waals surface area contributed by atoms with Crippen LogP contribution in [0.25, 0.3) is 5.57 Å². The second-order valence-corrected chi connectivity index (χ2v) is 5.49. The molecule has 1 N–H and O–H groups in total. The van der Waals surface area contributed by atoms with Gasteiger partial charge in [0, 0.05) is 12.1 Å². The quantitative estimate of drug-likeness (QED) is 0.646. The van der Waals surface area contributed by atoms with Gasteiger partial charge in [-0.2, -0.15) is 0 Å². The Bertz CT molecular complexity index is 799. The maximum atomic E-state index is 6.09. The fourth-order valence-corrected chi connectivity index (χ4v) is 2.84. The highest BCUT2D eigenvalue weighted by Gasteiger charge is 2.23. The zero-order chi connectivity index (χ0) is 16.2. The smallest absolute Gasteiger partial charge is 0.143 e. The first-order valence-electron chi connectivity index (χ1n) is 7.95. The van der Waals surface area contributed by atoms with Gasteiger partial charge in [-0.05, 0) is 42.7 Å². The van der Waals surface area contributed by atoms with Gasteiger partial charge in [-0.3, -0.25) is 0 Å². The Balaban J connectivity index is 2.19. The van der Waals surface area contributed by atoms with Crippen LogP contribution in [0.3, 0.4) is 0 Å². The van der Waals surface area contributed by atoms with Crippen molar-refractivity contribution in [2.24, 2.45) is 0 Å². The topological polar surface area (TPSA) is 21.3 Å². The van der Waals surface area contributed by atoms with Crippen molar-refractivity contribution < 1.29 is 4.74 Å². The fourth-order valence-electron chi connectivity index (χ4n) is 2.84. The van der Waals surface area contributed by atoms with Crippen LogP contribution in [0, 0.1) is 0 Å². The molecule has 0 atom stereocenters. The Hall–Kier alpha value is -2.70. The highest BCUT2D eigenvalue weighted by Crippen LogP contribution is 2.37. The molecule has 2 aliphatic rings. The third-order valence-corrected chi connectivity index (χ3v) is 3.88. The third kappa shape index (κ3) is 2.94. The molecule has 0 saturated carbocycles. The predicted octanol–water partition coefficient (Wildman–Crippen LogP) is 4.65. The number of benzene rings is 1. The predicted molar refractivity (Wildman–Crippen MR) is 95.5 cm³/mol. The Morgan fingerprint density at radius 2 is 2.17 bits per heavy atom. The minimum Gasteiger partial charge on any atom is -0.487 e. The van der Waals surface area contributed by atoms with Gasteiger partial charge in [-0.15, -0.1) is 0 Å². The minimum atomic E-state index is 0.577. The number of allylic oxidation sites excluding steroid dienone is 5. The van der Waals surface area contributed by atoms with Crippen molar-refractivity contribution >= 4 is 5.57 Å². The summed E-state index contributed by atoms with van der Waals surface area (Å²) in [6.45, 7) is 9.67. The summed E-state index contributed by atoms with van der Waals surface area (Å²) in [6, 6.07) is 8.37. The summed E-state index contributed by atoms with van der Waals surface area (Å²) in [6.07, 6.45) is 8.14. The van der Waals surface area contributed by atoms with Crippen LogP contribution in [-0.4, -0.2) is 6.54 Å². The zero-order valence-electron chi connectivity index (χ0n) is 13.6. The summed E-state index contributed by atoms with van der Waals surface area (Å²) in [7, 11) is 0. The number of nitrogens with one attached hydrogen (secondary N) is 1. The standard InChI is InChI=1S/C21H21NO/c1-4-8-15(3)20-13-17(22-5-2)11-12-19-18-10-7-6-9-16(18)14-23-21(19)20/h4,6-12,22H,3,5,14H2,1-2H3/b8-4-. The lowest BCUT2D eigenvalue weighted by molar-refractivity contribution is 0.204. The maximum absolute atomic E-state index is 6.09. The average Bonchev–Trinajstić information content (AvgIpc) is 2.75. The summed E-state index contributed by atoms with van der Waals surface area (Å²) < 4.78 is 6.09. The molecule has 0 radical (unpaired) electrons. The molecular weight excluding hydrogens is 282 g/mol. The zero-order valence-corrected chi connectivity index (χ0v) is 13.6. The van der Waals surface area contributed by atoms with E-state index < -0.39 is 0 Å². The molecule has 0 saturated heterocycles. The summed E-state index contributed by atoms with van der Waals surface area (Å²) in [5.41, 5.74) is 9.71. The molecule has 1 aliphatic carbocycles. The van der Waals surface area contributed by atoms with Crippen LogP contribution in [-0.2, 0) is 11.3 Å². The van der Waals surface area contributed by atoms with E-state index >= 15 is 0 Å². The molecule has 0 fully saturated rings. The lowest BCUT2D eigenvalue weighted by Gasteiger charge is -2.23. The van der Waals surface area contributed by atoms with Crippen molar-refractivity contribution in [1.29, 1.82) is 0 Å². The van der Waals surface area contributed by atoms with Crippen molar-refractivity contribution in [1.82, 2.24) is 5.32 Å². The fraction of sp³-hybridized carbons (Fsp3) is 0.190. The first kappa shape index (κ1) is 15.2. The van der Waals surface area contributed by atoms with E-state index in [0.717, 1.165) is 34.7 Å². The number of likely N-dealkylation sites (N-methyl/N-ethyl adjacent to an activating group) is 1. The largest absolute Gasteiger partial charge is 0.487 e. The number of hydrogen-bond donors (Lipinski definition) is 1. The van der Waals surface area contributed by atoms with Gasteiger partial charge < -0.3 is 10.1 Å². The summed E-state index contributed by atoms with van der Waals surface area (Å²) >= 11 is 0. The van der Waals surface area contributed by atoms with Crippen LogP contribution in [0.1, 0.15) is 25.0 Å². The van der Waals surface area contributed by atoms with Crippen LogP contribution in [0.15, 0.2) is 83.5 Å². The SMILES string of the molecule is C=C(/C=C\C)C1=C=C(NCC)C=CC2=C1OCc1ccccc12. The van der Waals surface area contributed by atoms with E-state index in [-0.39, 0.29) is 0 Å². The molecule has 1 aromatic carbocycles. The van der Waals surface area contributed by atoms with Gasteiger partial charge in [0.15, 0.2) is 0 Å². The Morgan fingerprint density at radius 1 is 1.35 bits per heavy atom. The molecular formula is C21H21NO. The molecule has 2 heteroatoms. The van der Waals surface area contributed by atoms with Gasteiger partial charge in [0.1, 0.15) is 12.4 Å². The molecule has 0 amide bonds. The second-order valence-electron chi connectivity index (χ2n) is 5.49. The highest BCUT2D eigenvalue weighted by atomic mass is 16.5. The molecule has 1 aromatic rings. The van der Waals surface area contributed by atoms with Gasteiger partial charge in [0.05, 0.1) is 11.3 Å². The minimum absolute atomic E-state index is 0.577. The Kier molecular flexibility index (Phi) is 4.36. The number of hydrogen-bond acceptors (Lipinski definition) is 2. The van der Waals surface area contributed by atoms with Crippen molar-refractivity contribution in [2.45, 2.75) is 20.5 Å². The van der Waals surface area contributed by atoms with Crippen LogP contribution in [0.4, 0.5) is 0 Å². The third-order valence-electron chi connectivity index (χ3n) is 3.88. The number of rotatable bonds is 4. The molecule has 1 aliphatic heterocycles. The Labute approximate surface area is 137 Å². The van der Waals surface area contributed by atoms with Gasteiger partial charge in [0.25, 0.3) is 0 Å². The van der Waals surface area contributed by atoms with E-state index in [1.165, 1.54) is 11.1 Å². The molecule has 0 spiro atoms. The summed E-state index contributed by atoms with van der Waals surface area (Å²) in [5.74, 6) is 0.857. The molecule has 0 aromatic heterocycles. The van der Waals surface area contributed by atoms with Crippen LogP contribution in [0.2, 0.25) is 0 Å². The van der Waals surface area contributed by atoms with E-state index in [1.54, 1.807) is 0 Å². The molecule has 1 heterocycles. The lowest BCUT2D eigenvalue weighted by atomic mass is 9.93. The van der Waals surface area contributed by atoms with E-state index in [9.17, 15) is 0 Å². The van der Waals surface area contributed by atoms with Crippen molar-refractivity contribution in [3.63, 3.8) is 0 Å². The van der Waals surface area contributed by atoms with E-state index in [2.05, 4.69) is 54.9 Å². The van der Waals surface area contributed by atoms with Crippen molar-refractivity contribution in [3.05, 3.63) is 94.6 Å². The maximum Gasteiger partial charge on any atom is 0.143 e. The molecule has 2 nitrogen and oxygen atoms in total. The van der Waals surface area contributed by atoms with Crippen LogP contribution in [0.5, 0.6) is 0 Å². The lowest BCUT2D eigenvalue weighted by Crippen LogP contribution is -2.09. The monoisotopic (exact) mass is 303 g/mol. The van der Waals surface area contributed by atoms with E-state index in [1.807, 2.05) is 25.1 Å². The average molecular weight is 303 g/mol. The van der Waals surface area contributed by atoms with Crippen LogP contribution < -0.4 is 5.32 Å². The molecule has 23 heavy (non-hydrogen) atoms. The van der Waals surface area contributed by atoms with E-state index in [0.29, 0.717) is 6.61 Å². The molecule has 0 bridgehead atoms. The van der Waals surface area contributed by atoms with Crippen LogP contribution >= 0.6 is 0 Å². The van der Waals surface area contributed by atoms with Gasteiger partial charge in [0.2, 0.25) is 0 Å². The highest BCUT2D eigenvalue weighted by molar-refractivity contribution is 5.83. The molecule has 0 unspecified atom stereocenters. The van der Waals surface area contributed by atoms with Crippen molar-refractivity contribution in [2.75, 3.05) is 6.54 Å². The summed E-state index contributed by atoms with van der Waals surface area (Å²) in [5, 5.41) is 3.34. The normalized spacial score (nSPS) is 16.1. The molecule has 3 rings (SSSR count). The van der Waals surface area contributed by atoms with Gasteiger partial charge >= 0.3 is 0 Å². The Morgan fingerprint density at radius 3 is 2.96 bits per heavy atom. The van der Waals surface area contributed by atoms with Crippen molar-refractivity contribution in [3.8, 4) is 0 Å². The first-order chi connectivity index (χ1) is 11.2. The number of fused-ring (bicyclic) bond motifs is 2. The summed E-state index contributed by atoms with van der Waals surface area (Å²) in [4.78, 5) is 0. The first-order valence-corrected chi connectivity index (χ1v) is 7.95. The van der Waals surface area contributed by atoms with Gasteiger partial charge in [-0.25, -0.2) is 0 Å². The molecule has 116 valence electrons. The number of ether oxygens (including phenoxy) is 1. The van der Waals surface area contributed by atoms with E-state index in [4.69, 9.17) is 4.74 Å².